The summed E-state index contributed by atoms with van der Waals surface area (Å²) >= 11 is 11.1. The number of sulfone groups is 1. The van der Waals surface area contributed by atoms with E-state index in [1.165, 1.54) is 24.3 Å². The van der Waals surface area contributed by atoms with E-state index in [0.29, 0.717) is 12.0 Å². The lowest BCUT2D eigenvalue weighted by Gasteiger charge is -2.26. The van der Waals surface area contributed by atoms with Gasteiger partial charge < -0.3 is 10.1 Å². The number of carbonyl (C=O) groups is 2. The summed E-state index contributed by atoms with van der Waals surface area (Å²) in [5, 5.41) is 2.33. The van der Waals surface area contributed by atoms with Gasteiger partial charge in [0.05, 0.1) is 24.5 Å². The molecule has 0 unspecified atom stereocenters. The number of aryl methyl sites for hydroxylation is 2. The summed E-state index contributed by atoms with van der Waals surface area (Å²) in [6, 6.07) is 4.21. The average molecular weight is 523 g/mol. The molecule has 0 saturated heterocycles. The number of aromatic nitrogens is 2. The maximum absolute atomic E-state index is 13.8. The summed E-state index contributed by atoms with van der Waals surface area (Å²) in [7, 11) is -1.54. The molecule has 1 N–H and O–H groups in total. The molecule has 12 heteroatoms. The molecule has 0 fully saturated rings. The van der Waals surface area contributed by atoms with Gasteiger partial charge in [0.2, 0.25) is 6.33 Å². The van der Waals surface area contributed by atoms with Crippen LogP contribution in [0.15, 0.2) is 47.9 Å². The zero-order valence-corrected chi connectivity index (χ0v) is 20.6. The van der Waals surface area contributed by atoms with E-state index in [2.05, 4.69) is 5.32 Å². The van der Waals surface area contributed by atoms with Crippen LogP contribution in [0.3, 0.4) is 0 Å². The average Bonchev–Trinajstić information content (AvgIpc) is 3.18. The predicted molar refractivity (Wildman–Crippen MR) is 121 cm³/mol. The largest absolute Gasteiger partial charge is 0.455 e. The van der Waals surface area contributed by atoms with Crippen LogP contribution in [-0.4, -0.2) is 48.7 Å². The Kier molecular flexibility index (Phi) is 10.1. The van der Waals surface area contributed by atoms with Crippen LogP contribution < -0.4 is 9.88 Å². The van der Waals surface area contributed by atoms with Crippen molar-refractivity contribution >= 4 is 44.9 Å². The van der Waals surface area contributed by atoms with Crippen LogP contribution in [0.4, 0.5) is 4.39 Å². The van der Waals surface area contributed by atoms with Crippen molar-refractivity contribution in [3.63, 3.8) is 0 Å². The summed E-state index contributed by atoms with van der Waals surface area (Å²) in [4.78, 5) is 23.0. The predicted octanol–water partition coefficient (Wildman–Crippen LogP) is 2.43. The lowest BCUT2D eigenvalue weighted by molar-refractivity contribution is -0.671. The number of alkyl halides is 3. The molecule has 2 atom stereocenters. The van der Waals surface area contributed by atoms with Gasteiger partial charge in [-0.05, 0) is 30.5 Å². The Labute approximate surface area is 202 Å². The molecule has 1 aromatic heterocycles. The van der Waals surface area contributed by atoms with Gasteiger partial charge in [0.25, 0.3) is 5.91 Å². The lowest BCUT2D eigenvalue weighted by Crippen LogP contribution is -2.44. The third-order valence-corrected chi connectivity index (χ3v) is 6.35. The first kappa shape index (κ1) is 27.1. The molecule has 0 aliphatic carbocycles. The van der Waals surface area contributed by atoms with Crippen molar-refractivity contribution < 1.29 is 31.7 Å². The van der Waals surface area contributed by atoms with E-state index in [1.54, 1.807) is 0 Å². The molecule has 0 spiro atoms. The highest BCUT2D eigenvalue weighted by molar-refractivity contribution is 7.90. The Bertz CT molecular complexity index is 1040. The summed E-state index contributed by atoms with van der Waals surface area (Å²) in [6.07, 6.45) is 6.96. The van der Waals surface area contributed by atoms with Crippen LogP contribution >= 0.6 is 23.2 Å². The quantitative estimate of drug-likeness (QED) is 0.200. The van der Waals surface area contributed by atoms with E-state index in [0.717, 1.165) is 19.2 Å². The highest BCUT2D eigenvalue weighted by Gasteiger charge is 2.30. The SMILES string of the molecule is C[n+]1ccn(CCCCC(=O)O[C@H](c2ccc(S(C)(=O)=O)cc2)[C@@H](CF)NC(=O)C(Cl)Cl)c1. The van der Waals surface area contributed by atoms with Crippen LogP contribution in [0.1, 0.15) is 30.9 Å². The van der Waals surface area contributed by atoms with E-state index in [9.17, 15) is 22.4 Å². The molecule has 0 aliphatic rings. The topological polar surface area (TPSA) is 98.3 Å². The van der Waals surface area contributed by atoms with E-state index in [4.69, 9.17) is 27.9 Å². The van der Waals surface area contributed by atoms with E-state index in [-0.39, 0.29) is 11.3 Å². The van der Waals surface area contributed by atoms with Crippen molar-refractivity contribution in [1.29, 1.82) is 0 Å². The summed E-state index contributed by atoms with van der Waals surface area (Å²) in [5.41, 5.74) is 0.319. The fourth-order valence-electron chi connectivity index (χ4n) is 3.13. The number of rotatable bonds is 12. The number of nitrogens with zero attached hydrogens (tertiary/aromatic N) is 2. The monoisotopic (exact) mass is 522 g/mol. The number of hydrogen-bond donors (Lipinski definition) is 1. The number of benzene rings is 1. The number of nitrogens with one attached hydrogen (secondary N) is 1. The van der Waals surface area contributed by atoms with Crippen LogP contribution in [0, 0.1) is 0 Å². The molecule has 33 heavy (non-hydrogen) atoms. The van der Waals surface area contributed by atoms with Gasteiger partial charge in [-0.25, -0.2) is 21.9 Å². The molecule has 0 saturated carbocycles. The van der Waals surface area contributed by atoms with Gasteiger partial charge in [0.15, 0.2) is 14.7 Å². The number of unbranched alkanes of at least 4 members (excludes halogenated alkanes) is 1. The Hall–Kier alpha value is -2.17. The second kappa shape index (κ2) is 12.3. The van der Waals surface area contributed by atoms with Gasteiger partial charge >= 0.3 is 5.97 Å². The van der Waals surface area contributed by atoms with Crippen molar-refractivity contribution in [3.8, 4) is 0 Å². The third kappa shape index (κ3) is 8.60. The molecule has 1 heterocycles. The van der Waals surface area contributed by atoms with Crippen LogP contribution in [0.25, 0.3) is 0 Å². The third-order valence-electron chi connectivity index (χ3n) is 4.82. The minimum atomic E-state index is -3.45. The fourth-order valence-corrected chi connectivity index (χ4v) is 3.88. The zero-order chi connectivity index (χ0) is 24.6. The Morgan fingerprint density at radius 3 is 2.39 bits per heavy atom. The minimum Gasteiger partial charge on any atom is -0.455 e. The Balaban J connectivity index is 2.10. The number of ether oxygens (including phenoxy) is 1. The molecular weight excluding hydrogens is 496 g/mol. The first-order valence-electron chi connectivity index (χ1n) is 10.2. The second-order valence-electron chi connectivity index (χ2n) is 7.60. The molecule has 8 nitrogen and oxygen atoms in total. The van der Waals surface area contributed by atoms with E-state index < -0.39 is 45.4 Å². The van der Waals surface area contributed by atoms with E-state index in [1.807, 2.05) is 34.9 Å². The smallest absolute Gasteiger partial charge is 0.306 e. The maximum Gasteiger partial charge on any atom is 0.306 e. The van der Waals surface area contributed by atoms with Crippen molar-refractivity contribution in [2.75, 3.05) is 12.9 Å². The van der Waals surface area contributed by atoms with Gasteiger partial charge in [-0.15, -0.1) is 0 Å². The number of imidazole rings is 1. The molecule has 2 aromatic rings. The number of esters is 1. The molecule has 2 rings (SSSR count). The van der Waals surface area contributed by atoms with Crippen molar-refractivity contribution in [2.24, 2.45) is 7.05 Å². The summed E-state index contributed by atoms with van der Waals surface area (Å²) in [5.74, 6) is -1.42. The molecule has 0 radical (unpaired) electrons. The van der Waals surface area contributed by atoms with Crippen LogP contribution in [-0.2, 0) is 37.8 Å². The number of carbonyl (C=O) groups excluding carboxylic acids is 2. The standard InChI is InChI=1S/C21H26Cl2FN3O5S/c1-26-11-12-27(14-26)10-4-3-5-18(28)32-19(17(13-24)25-21(29)20(22)23)15-6-8-16(9-7-15)33(2,30)31/h6-9,11-12,14,17,19-20H,3-5,10,13H2,1-2H3/p+1/t17-,19-/m1/s1. The minimum absolute atomic E-state index is 0.0529. The highest BCUT2D eigenvalue weighted by atomic mass is 35.5. The molecule has 1 amide bonds. The highest BCUT2D eigenvalue weighted by Crippen LogP contribution is 2.25. The lowest BCUT2D eigenvalue weighted by atomic mass is 10.0. The van der Waals surface area contributed by atoms with Gasteiger partial charge in [-0.3, -0.25) is 9.59 Å². The number of hydrogen-bond acceptors (Lipinski definition) is 5. The van der Waals surface area contributed by atoms with Gasteiger partial charge in [-0.2, -0.15) is 0 Å². The van der Waals surface area contributed by atoms with Crippen molar-refractivity contribution in [3.05, 3.63) is 48.5 Å². The molecule has 0 aliphatic heterocycles. The van der Waals surface area contributed by atoms with Gasteiger partial charge in [0.1, 0.15) is 25.2 Å². The molecule has 0 bridgehead atoms. The van der Waals surface area contributed by atoms with E-state index >= 15 is 0 Å². The molecule has 182 valence electrons. The van der Waals surface area contributed by atoms with Gasteiger partial charge in [0, 0.05) is 12.7 Å². The van der Waals surface area contributed by atoms with Crippen LogP contribution in [0.5, 0.6) is 0 Å². The Morgan fingerprint density at radius 2 is 1.88 bits per heavy atom. The van der Waals surface area contributed by atoms with Crippen LogP contribution in [0.2, 0.25) is 0 Å². The normalized spacial score (nSPS) is 13.5. The Morgan fingerprint density at radius 1 is 1.21 bits per heavy atom. The maximum atomic E-state index is 13.8. The van der Waals surface area contributed by atoms with Gasteiger partial charge in [-0.1, -0.05) is 35.3 Å². The summed E-state index contributed by atoms with van der Waals surface area (Å²) in [6.45, 7) is -0.344. The first-order valence-corrected chi connectivity index (χ1v) is 12.9. The zero-order valence-electron chi connectivity index (χ0n) is 18.3. The second-order valence-corrected chi connectivity index (χ2v) is 10.7. The number of amides is 1. The number of halogens is 3. The fraction of sp³-hybridized carbons (Fsp3) is 0.476. The molecule has 1 aromatic carbocycles. The first-order chi connectivity index (χ1) is 15.5. The molecular formula is C21H27Cl2FN3O5S+. The summed E-state index contributed by atoms with van der Waals surface area (Å²) < 4.78 is 46.7. The van der Waals surface area contributed by atoms with Crippen molar-refractivity contribution in [1.82, 2.24) is 9.88 Å². The van der Waals surface area contributed by atoms with Crippen molar-refractivity contribution in [2.45, 2.75) is 47.7 Å².